The van der Waals surface area contributed by atoms with Crippen molar-refractivity contribution >= 4 is 5.78 Å². The molecule has 2 rings (SSSR count). The molecule has 0 atom stereocenters. The third-order valence-corrected chi connectivity index (χ3v) is 7.88. The minimum Gasteiger partial charge on any atom is -0.660 e. The van der Waals surface area contributed by atoms with Gasteiger partial charge in [-0.15, -0.1) is 18.2 Å². The molecule has 1 aliphatic rings. The van der Waals surface area contributed by atoms with Gasteiger partial charge in [0.15, 0.2) is 0 Å². The molecule has 0 aromatic carbocycles. The number of ether oxygens (including phenoxy) is 4. The van der Waals surface area contributed by atoms with Gasteiger partial charge in [-0.3, -0.25) is 4.79 Å². The molecule has 10 nitrogen and oxygen atoms in total. The summed E-state index contributed by atoms with van der Waals surface area (Å²) in [7, 11) is 0. The van der Waals surface area contributed by atoms with Crippen molar-refractivity contribution in [3.8, 4) is 0 Å². The zero-order chi connectivity index (χ0) is 35.0. The van der Waals surface area contributed by atoms with Crippen LogP contribution >= 0.6 is 0 Å². The molecule has 1 aliphatic heterocycles. The monoisotopic (exact) mass is 717 g/mol. The van der Waals surface area contributed by atoms with Gasteiger partial charge in [0.2, 0.25) is 0 Å². The molecule has 48 heavy (non-hydrogen) atoms. The van der Waals surface area contributed by atoms with Crippen LogP contribution in [0.25, 0.3) is 5.32 Å². The standard InChI is InChI=1S/C31H58N5O5.C5H11.CH3.V/c1-25(2)27(37)22-30(7,8)38-18-11-28(3,4)39-20-17-36-23-26(33-34-36)21-29(5,6)41-24-31(9,10)40-19-16-35-14-12-32-13-15-35;1-4-5(2)3;;/h23,25H,11-22,24H2,1-10H3;5H,1,4H2,2-3H3;1H3;/q3*-1;. The van der Waals surface area contributed by atoms with E-state index >= 15 is 0 Å². The van der Waals surface area contributed by atoms with E-state index in [1.54, 1.807) is 0 Å². The van der Waals surface area contributed by atoms with E-state index in [9.17, 15) is 4.79 Å². The molecule has 1 aromatic heterocycles. The molecule has 0 bridgehead atoms. The minimum absolute atomic E-state index is 0. The first-order chi connectivity index (χ1) is 21.2. The summed E-state index contributed by atoms with van der Waals surface area (Å²) < 4.78 is 26.4. The van der Waals surface area contributed by atoms with Crippen molar-refractivity contribution < 1.29 is 42.3 Å². The molecule has 1 saturated heterocycles. The van der Waals surface area contributed by atoms with Crippen LogP contribution in [0.5, 0.6) is 0 Å². The molecule has 0 N–H and O–H groups in total. The van der Waals surface area contributed by atoms with E-state index in [0.29, 0.717) is 45.8 Å². The fraction of sp³-hybridized carbons (Fsp3) is 0.865. The number of nitrogens with zero attached hydrogens (tertiary/aromatic N) is 5. The Balaban J connectivity index is 0. The van der Waals surface area contributed by atoms with Crippen LogP contribution in [-0.4, -0.2) is 107 Å². The molecule has 1 fully saturated rings. The van der Waals surface area contributed by atoms with E-state index in [1.807, 2.05) is 38.6 Å². The average molecular weight is 718 g/mol. The summed E-state index contributed by atoms with van der Waals surface area (Å²) >= 11 is 0. The van der Waals surface area contributed by atoms with Crippen LogP contribution in [0.4, 0.5) is 0 Å². The molecule has 11 heteroatoms. The van der Waals surface area contributed by atoms with Gasteiger partial charge < -0.3 is 43.5 Å². The number of rotatable bonds is 21. The van der Waals surface area contributed by atoms with Gasteiger partial charge in [0.25, 0.3) is 0 Å². The Morgan fingerprint density at radius 1 is 0.854 bits per heavy atom. The number of hydrogen-bond donors (Lipinski definition) is 0. The normalized spacial score (nSPS) is 14.7. The van der Waals surface area contributed by atoms with Crippen molar-refractivity contribution in [3.63, 3.8) is 0 Å². The second kappa shape index (κ2) is 23.6. The predicted octanol–water partition coefficient (Wildman–Crippen LogP) is 7.01. The molecule has 1 radical (unpaired) electrons. The predicted molar refractivity (Wildman–Crippen MR) is 194 cm³/mol. The Morgan fingerprint density at radius 3 is 1.96 bits per heavy atom. The molecular weight excluding hydrogens is 645 g/mol. The van der Waals surface area contributed by atoms with E-state index in [1.165, 1.54) is 0 Å². The maximum atomic E-state index is 12.1. The van der Waals surface area contributed by atoms with Crippen LogP contribution in [0, 0.1) is 26.2 Å². The van der Waals surface area contributed by atoms with Gasteiger partial charge in [0.1, 0.15) is 5.78 Å². The molecule has 283 valence electrons. The summed E-state index contributed by atoms with van der Waals surface area (Å²) in [6.07, 6.45) is 4.82. The first-order valence-electron chi connectivity index (χ1n) is 17.4. The van der Waals surface area contributed by atoms with Crippen molar-refractivity contribution in [1.29, 1.82) is 0 Å². The number of carbonyl (C=O) groups is 1. The second-order valence-corrected chi connectivity index (χ2v) is 15.8. The smallest absolute Gasteiger partial charge is 0.138 e. The number of Topliss-reactive ketones (excluding diaryl/α,β-unsaturated/α-hetero) is 1. The molecule has 0 spiro atoms. The Hall–Kier alpha value is -0.846. The van der Waals surface area contributed by atoms with Gasteiger partial charge in [0.05, 0.1) is 61.1 Å². The Morgan fingerprint density at radius 2 is 1.40 bits per heavy atom. The van der Waals surface area contributed by atoms with Gasteiger partial charge in [-0.1, -0.05) is 38.8 Å². The van der Waals surface area contributed by atoms with Crippen molar-refractivity contribution in [2.75, 3.05) is 59.2 Å². The minimum atomic E-state index is -0.473. The Bertz CT molecular complexity index is 975. The van der Waals surface area contributed by atoms with E-state index < -0.39 is 11.2 Å². The molecule has 0 amide bonds. The number of carbonyl (C=O) groups excluding carboxylic acids is 1. The molecule has 2 heterocycles. The summed E-state index contributed by atoms with van der Waals surface area (Å²) in [4.78, 5) is 14.5. The quantitative estimate of drug-likeness (QED) is 0.125. The summed E-state index contributed by atoms with van der Waals surface area (Å²) in [6, 6.07) is 0. The van der Waals surface area contributed by atoms with Gasteiger partial charge >= 0.3 is 0 Å². The molecule has 0 saturated carbocycles. The van der Waals surface area contributed by atoms with E-state index in [4.69, 9.17) is 18.9 Å². The summed E-state index contributed by atoms with van der Waals surface area (Å²) in [6.45, 7) is 35.9. The van der Waals surface area contributed by atoms with Crippen LogP contribution in [0.3, 0.4) is 0 Å². The van der Waals surface area contributed by atoms with Crippen molar-refractivity contribution in [2.24, 2.45) is 11.8 Å². The topological polar surface area (TPSA) is 102 Å². The largest absolute Gasteiger partial charge is 0.660 e. The number of aromatic nitrogens is 3. The molecule has 1 aromatic rings. The third-order valence-electron chi connectivity index (χ3n) is 7.88. The number of hydrogen-bond acceptors (Lipinski definition) is 8. The van der Waals surface area contributed by atoms with E-state index in [-0.39, 0.29) is 48.9 Å². The van der Waals surface area contributed by atoms with E-state index in [2.05, 4.69) is 82.8 Å². The van der Waals surface area contributed by atoms with Crippen LogP contribution in [0.15, 0.2) is 6.20 Å². The van der Waals surface area contributed by atoms with Gasteiger partial charge in [-0.05, 0) is 74.9 Å². The van der Waals surface area contributed by atoms with E-state index in [0.717, 1.165) is 57.2 Å². The fourth-order valence-corrected chi connectivity index (χ4v) is 4.48. The van der Waals surface area contributed by atoms with Crippen LogP contribution in [-0.2, 0) is 55.3 Å². The van der Waals surface area contributed by atoms with Gasteiger partial charge in [-0.2, -0.15) is 6.42 Å². The van der Waals surface area contributed by atoms with Gasteiger partial charge in [-0.25, -0.2) is 4.68 Å². The summed E-state index contributed by atoms with van der Waals surface area (Å²) in [5.74, 6) is 1.02. The third kappa shape index (κ3) is 23.5. The first kappa shape index (κ1) is 49.3. The maximum absolute atomic E-state index is 12.1. The van der Waals surface area contributed by atoms with Gasteiger partial charge in [0, 0.05) is 50.1 Å². The molecule has 0 unspecified atom stereocenters. The SMILES string of the molecule is CC(C)C(=O)CC(C)(C)OCCC(C)(C)OCCn1cc(CC(C)(C)OCC(C)(C)OCCN2CC[N-]CC2)nn1.[CH2-]CC(C)C.[CH3-].[V]. The van der Waals surface area contributed by atoms with Crippen molar-refractivity contribution in [1.82, 2.24) is 19.9 Å². The Labute approximate surface area is 307 Å². The van der Waals surface area contributed by atoms with Crippen LogP contribution < -0.4 is 0 Å². The molecular formula is C37H72N5O5V-3. The summed E-state index contributed by atoms with van der Waals surface area (Å²) in [5, 5.41) is 13.0. The van der Waals surface area contributed by atoms with Crippen molar-refractivity contribution in [3.05, 3.63) is 31.6 Å². The maximum Gasteiger partial charge on any atom is 0.138 e. The number of piperazine rings is 1. The first-order valence-corrected chi connectivity index (χ1v) is 17.4. The second-order valence-electron chi connectivity index (χ2n) is 15.8. The fourth-order valence-electron chi connectivity index (χ4n) is 4.48. The average Bonchev–Trinajstić information content (AvgIpc) is 3.38. The summed E-state index contributed by atoms with van der Waals surface area (Å²) in [5.41, 5.74) is -0.711. The zero-order valence-corrected chi connectivity index (χ0v) is 34.5. The van der Waals surface area contributed by atoms with Crippen molar-refractivity contribution in [2.45, 2.75) is 138 Å². The Kier molecular flexibility index (Phi) is 24.2. The van der Waals surface area contributed by atoms with Crippen LogP contribution in [0.2, 0.25) is 0 Å². The van der Waals surface area contributed by atoms with Crippen LogP contribution in [0.1, 0.15) is 108 Å². The molecule has 0 aliphatic carbocycles. The number of ketones is 1. The zero-order valence-electron chi connectivity index (χ0n) is 33.1.